The van der Waals surface area contributed by atoms with Gasteiger partial charge in [0.1, 0.15) is 5.01 Å². The topological polar surface area (TPSA) is 33.2 Å². The summed E-state index contributed by atoms with van der Waals surface area (Å²) in [4.78, 5) is 21.6. The van der Waals surface area contributed by atoms with Crippen molar-refractivity contribution in [2.45, 2.75) is 13.1 Å². The van der Waals surface area contributed by atoms with Crippen LogP contribution in [-0.2, 0) is 17.9 Å². The van der Waals surface area contributed by atoms with Gasteiger partial charge in [-0.15, -0.1) is 34.0 Å². The van der Waals surface area contributed by atoms with Crippen molar-refractivity contribution in [1.82, 2.24) is 9.88 Å². The lowest BCUT2D eigenvalue weighted by Gasteiger charge is -2.19. The van der Waals surface area contributed by atoms with E-state index in [2.05, 4.69) is 17.1 Å². The lowest BCUT2D eigenvalue weighted by Crippen LogP contribution is -2.27. The highest BCUT2D eigenvalue weighted by molar-refractivity contribution is 7.19. The Morgan fingerprint density at radius 1 is 0.962 bits per heavy atom. The van der Waals surface area contributed by atoms with Crippen LogP contribution in [0.4, 0.5) is 0 Å². The van der Waals surface area contributed by atoms with Crippen LogP contribution in [0.3, 0.4) is 0 Å². The summed E-state index contributed by atoms with van der Waals surface area (Å²) in [6, 6.07) is 16.2. The van der Waals surface area contributed by atoms with Crippen LogP contribution in [0, 0.1) is 0 Å². The second-order valence-electron chi connectivity index (χ2n) is 5.71. The van der Waals surface area contributed by atoms with Crippen LogP contribution in [0.1, 0.15) is 14.8 Å². The third-order valence-corrected chi connectivity index (χ3v) is 6.57. The van der Waals surface area contributed by atoms with Gasteiger partial charge in [0.2, 0.25) is 5.91 Å². The number of hydrogen-bond donors (Lipinski definition) is 0. The lowest BCUT2D eigenvalue weighted by atomic mass is 10.3. The molecule has 3 nitrogen and oxygen atoms in total. The quantitative estimate of drug-likeness (QED) is 0.394. The van der Waals surface area contributed by atoms with Gasteiger partial charge in [-0.3, -0.25) is 4.79 Å². The van der Waals surface area contributed by atoms with Gasteiger partial charge in [-0.05, 0) is 41.1 Å². The van der Waals surface area contributed by atoms with E-state index >= 15 is 0 Å². The largest absolute Gasteiger partial charge is 0.329 e. The number of carbonyl (C=O) groups is 1. The van der Waals surface area contributed by atoms with Crippen LogP contribution in [0.2, 0.25) is 0 Å². The van der Waals surface area contributed by atoms with Gasteiger partial charge in [0.25, 0.3) is 0 Å². The fourth-order valence-corrected chi connectivity index (χ4v) is 4.91. The average Bonchev–Trinajstić information content (AvgIpc) is 3.40. The van der Waals surface area contributed by atoms with Gasteiger partial charge >= 0.3 is 0 Å². The summed E-state index contributed by atoms with van der Waals surface area (Å²) >= 11 is 4.94. The molecule has 1 amide bonds. The molecule has 0 aliphatic carbocycles. The van der Waals surface area contributed by atoms with Crippen molar-refractivity contribution >= 4 is 56.2 Å². The number of para-hydroxylation sites is 1. The fraction of sp³-hybridized carbons (Fsp3) is 0.100. The molecule has 130 valence electrons. The Hall–Kier alpha value is -2.28. The first kappa shape index (κ1) is 17.1. The molecule has 0 saturated heterocycles. The number of thiazole rings is 1. The van der Waals surface area contributed by atoms with Crippen molar-refractivity contribution in [3.8, 4) is 0 Å². The zero-order valence-corrected chi connectivity index (χ0v) is 16.3. The maximum Gasteiger partial charge on any atom is 0.247 e. The van der Waals surface area contributed by atoms with E-state index in [1.54, 1.807) is 40.1 Å². The van der Waals surface area contributed by atoms with Crippen LogP contribution in [0.5, 0.6) is 0 Å². The number of thiophene rings is 2. The van der Waals surface area contributed by atoms with Gasteiger partial charge < -0.3 is 4.90 Å². The van der Waals surface area contributed by atoms with Crippen LogP contribution >= 0.6 is 34.0 Å². The first-order valence-corrected chi connectivity index (χ1v) is 10.7. The molecule has 4 aromatic rings. The Morgan fingerprint density at radius 2 is 1.65 bits per heavy atom. The van der Waals surface area contributed by atoms with Gasteiger partial charge in [-0.2, -0.15) is 0 Å². The molecule has 0 N–H and O–H groups in total. The van der Waals surface area contributed by atoms with Crippen molar-refractivity contribution < 1.29 is 4.79 Å². The molecule has 0 radical (unpaired) electrons. The van der Waals surface area contributed by atoms with Gasteiger partial charge in [0, 0.05) is 15.8 Å². The SMILES string of the molecule is O=C(/C=C/c1nc2ccccc2s1)N(Cc1cccs1)Cc1cccs1. The Kier molecular flexibility index (Phi) is 5.24. The number of benzene rings is 1. The summed E-state index contributed by atoms with van der Waals surface area (Å²) in [5.74, 6) is 0.00561. The van der Waals surface area contributed by atoms with Crippen molar-refractivity contribution in [3.05, 3.63) is 80.1 Å². The van der Waals surface area contributed by atoms with E-state index < -0.39 is 0 Å². The molecule has 3 heterocycles. The molecular formula is C20H16N2OS3. The molecule has 1 aromatic carbocycles. The number of amides is 1. The molecule has 4 rings (SSSR count). The van der Waals surface area contributed by atoms with Crippen molar-refractivity contribution in [2.24, 2.45) is 0 Å². The Bertz CT molecular complexity index is 947. The first-order chi connectivity index (χ1) is 12.8. The summed E-state index contributed by atoms with van der Waals surface area (Å²) in [6.45, 7) is 1.25. The van der Waals surface area contributed by atoms with Crippen LogP contribution in [0.25, 0.3) is 16.3 Å². The number of fused-ring (bicyclic) bond motifs is 1. The van der Waals surface area contributed by atoms with E-state index in [1.807, 2.05) is 58.1 Å². The molecule has 26 heavy (non-hydrogen) atoms. The minimum atomic E-state index is 0.00561. The smallest absolute Gasteiger partial charge is 0.247 e. The van der Waals surface area contributed by atoms with Gasteiger partial charge in [0.15, 0.2) is 0 Å². The van der Waals surface area contributed by atoms with Crippen LogP contribution in [0.15, 0.2) is 65.4 Å². The van der Waals surface area contributed by atoms with Gasteiger partial charge in [-0.25, -0.2) is 4.98 Å². The average molecular weight is 397 g/mol. The molecule has 3 aromatic heterocycles. The van der Waals surface area contributed by atoms with Crippen molar-refractivity contribution in [3.63, 3.8) is 0 Å². The Labute approximate surface area is 163 Å². The van der Waals surface area contributed by atoms with Crippen LogP contribution < -0.4 is 0 Å². The number of rotatable bonds is 6. The zero-order valence-electron chi connectivity index (χ0n) is 13.9. The van der Waals surface area contributed by atoms with E-state index in [9.17, 15) is 4.79 Å². The van der Waals surface area contributed by atoms with Gasteiger partial charge in [-0.1, -0.05) is 24.3 Å². The number of carbonyl (C=O) groups excluding carboxylic acids is 1. The molecular weight excluding hydrogens is 380 g/mol. The van der Waals surface area contributed by atoms with E-state index in [1.165, 1.54) is 9.75 Å². The molecule has 0 saturated carbocycles. The minimum absolute atomic E-state index is 0.00561. The summed E-state index contributed by atoms with van der Waals surface area (Å²) in [7, 11) is 0. The maximum absolute atomic E-state index is 12.8. The van der Waals surface area contributed by atoms with E-state index in [-0.39, 0.29) is 5.91 Å². The molecule has 0 aliphatic rings. The van der Waals surface area contributed by atoms with Crippen molar-refractivity contribution in [1.29, 1.82) is 0 Å². The second kappa shape index (κ2) is 7.95. The normalized spacial score (nSPS) is 11.4. The monoisotopic (exact) mass is 396 g/mol. The molecule has 0 aliphatic heterocycles. The molecule has 6 heteroatoms. The molecule has 0 spiro atoms. The van der Waals surface area contributed by atoms with Gasteiger partial charge in [0.05, 0.1) is 23.3 Å². The van der Waals surface area contributed by atoms with E-state index in [4.69, 9.17) is 0 Å². The molecule has 0 atom stereocenters. The first-order valence-electron chi connectivity index (χ1n) is 8.15. The van der Waals surface area contributed by atoms with Crippen molar-refractivity contribution in [2.75, 3.05) is 0 Å². The zero-order chi connectivity index (χ0) is 17.8. The van der Waals surface area contributed by atoms with Crippen LogP contribution in [-0.4, -0.2) is 15.8 Å². The minimum Gasteiger partial charge on any atom is -0.329 e. The Morgan fingerprint density at radius 3 is 2.27 bits per heavy atom. The predicted octanol–water partition coefficient (Wildman–Crippen LogP) is 5.66. The van der Waals surface area contributed by atoms with E-state index in [0.717, 1.165) is 15.2 Å². The summed E-state index contributed by atoms with van der Waals surface area (Å²) in [5.41, 5.74) is 0.971. The number of aromatic nitrogens is 1. The highest BCUT2D eigenvalue weighted by atomic mass is 32.1. The number of nitrogens with zero attached hydrogens (tertiary/aromatic N) is 2. The third-order valence-electron chi connectivity index (χ3n) is 3.84. The highest BCUT2D eigenvalue weighted by Crippen LogP contribution is 2.23. The molecule has 0 unspecified atom stereocenters. The molecule has 0 fully saturated rings. The highest BCUT2D eigenvalue weighted by Gasteiger charge is 2.13. The second-order valence-corrected chi connectivity index (χ2v) is 8.83. The fourth-order valence-electron chi connectivity index (χ4n) is 2.60. The summed E-state index contributed by atoms with van der Waals surface area (Å²) in [5, 5.41) is 4.94. The summed E-state index contributed by atoms with van der Waals surface area (Å²) in [6.07, 6.45) is 3.46. The van der Waals surface area contributed by atoms with E-state index in [0.29, 0.717) is 13.1 Å². The summed E-state index contributed by atoms with van der Waals surface area (Å²) < 4.78 is 1.13. The predicted molar refractivity (Wildman–Crippen MR) is 112 cm³/mol. The standard InChI is InChI=1S/C20H16N2OS3/c23-20(10-9-19-21-17-7-1-2-8-18(17)26-19)22(13-15-5-3-11-24-15)14-16-6-4-12-25-16/h1-12H,13-14H2/b10-9+. The molecule has 0 bridgehead atoms. The number of hydrogen-bond acceptors (Lipinski definition) is 5. The lowest BCUT2D eigenvalue weighted by molar-refractivity contribution is -0.127. The third kappa shape index (κ3) is 4.09. The maximum atomic E-state index is 12.8. The Balaban J connectivity index is 1.52.